The van der Waals surface area contributed by atoms with E-state index in [9.17, 15) is 14.0 Å². The molecule has 5 rings (SSSR count). The third kappa shape index (κ3) is 5.27. The minimum Gasteiger partial charge on any atom is -0.347 e. The lowest BCUT2D eigenvalue weighted by atomic mass is 10.0. The number of carbonyl (C=O) groups excluding carboxylic acids is 1. The van der Waals surface area contributed by atoms with E-state index in [0.29, 0.717) is 16.8 Å². The zero-order chi connectivity index (χ0) is 33.6. The van der Waals surface area contributed by atoms with Crippen molar-refractivity contribution in [3.05, 3.63) is 93.6 Å². The van der Waals surface area contributed by atoms with Crippen LogP contribution in [0.4, 0.5) is 14.6 Å². The van der Waals surface area contributed by atoms with Crippen molar-refractivity contribution in [1.29, 1.82) is 0 Å². The number of carbonyl (C=O) groups is 1. The van der Waals surface area contributed by atoms with Crippen LogP contribution in [0.3, 0.4) is 0 Å². The summed E-state index contributed by atoms with van der Waals surface area (Å²) in [5.74, 6) is -2.36. The number of amides is 1. The van der Waals surface area contributed by atoms with Gasteiger partial charge >= 0.3 is 5.69 Å². The van der Waals surface area contributed by atoms with Crippen LogP contribution in [-0.4, -0.2) is 55.5 Å². The molecular formula is C33H33ClF2N6O2. The fraction of sp³-hybridized carbons (Fsp3) is 0.303. The maximum atomic E-state index is 15.5. The van der Waals surface area contributed by atoms with Crippen molar-refractivity contribution >= 4 is 40.4 Å². The van der Waals surface area contributed by atoms with E-state index < -0.39 is 41.9 Å². The second-order valence-electron chi connectivity index (χ2n) is 11.3. The average Bonchev–Trinajstić information content (AvgIpc) is 2.96. The molecular weight excluding hydrogens is 586 g/mol. The lowest BCUT2D eigenvalue weighted by Gasteiger charge is -2.45. The Balaban J connectivity index is 1.86. The van der Waals surface area contributed by atoms with Crippen molar-refractivity contribution in [2.45, 2.75) is 52.6 Å². The van der Waals surface area contributed by atoms with Crippen molar-refractivity contribution in [3.63, 3.8) is 0 Å². The minimum absolute atomic E-state index is 0.00989. The maximum absolute atomic E-state index is 15.5. The van der Waals surface area contributed by atoms with Crippen LogP contribution >= 0.6 is 11.6 Å². The van der Waals surface area contributed by atoms with Crippen molar-refractivity contribution in [2.24, 2.45) is 0 Å². The summed E-state index contributed by atoms with van der Waals surface area (Å²) in [7, 11) is 0. The molecule has 1 fully saturated rings. The predicted octanol–water partition coefficient (Wildman–Crippen LogP) is 6.62. The van der Waals surface area contributed by atoms with Crippen molar-refractivity contribution in [1.82, 2.24) is 24.4 Å². The Morgan fingerprint density at radius 3 is 2.55 bits per heavy atom. The molecule has 0 aliphatic carbocycles. The highest BCUT2D eigenvalue weighted by Gasteiger charge is 2.36. The summed E-state index contributed by atoms with van der Waals surface area (Å²) in [6.07, 6.45) is 2.84. The molecule has 0 radical (unpaired) electrons. The van der Waals surface area contributed by atoms with E-state index in [1.54, 1.807) is 24.4 Å². The molecule has 8 nitrogen and oxygen atoms in total. The SMILES string of the molecule is [2H]C([2H])=Cc1cccc(F)c1-c1nc2c(cc1Cl)c(N1[C@@H](C)CN(C(=O)C(=C)F)C[C@@H]1C)nc(=O)n2-c1c(C)ccnc1C(C)C. The fourth-order valence-corrected chi connectivity index (χ4v) is 6.20. The van der Waals surface area contributed by atoms with Gasteiger partial charge in [-0.25, -0.2) is 23.1 Å². The molecule has 1 aliphatic rings. The Morgan fingerprint density at radius 1 is 1.20 bits per heavy atom. The summed E-state index contributed by atoms with van der Waals surface area (Å²) in [6.45, 7) is 12.3. The number of benzene rings is 1. The van der Waals surface area contributed by atoms with Gasteiger partial charge in [0.15, 0.2) is 11.5 Å². The monoisotopic (exact) mass is 620 g/mol. The second kappa shape index (κ2) is 11.9. The molecule has 1 aromatic carbocycles. The van der Waals surface area contributed by atoms with Gasteiger partial charge in [-0.2, -0.15) is 4.98 Å². The van der Waals surface area contributed by atoms with E-state index in [1.807, 2.05) is 39.5 Å². The maximum Gasteiger partial charge on any atom is 0.355 e. The predicted molar refractivity (Wildman–Crippen MR) is 170 cm³/mol. The van der Waals surface area contributed by atoms with Gasteiger partial charge in [0, 0.05) is 36.9 Å². The highest BCUT2D eigenvalue weighted by atomic mass is 35.5. The molecule has 0 bridgehead atoms. The Bertz CT molecular complexity index is 1970. The molecule has 11 heteroatoms. The highest BCUT2D eigenvalue weighted by molar-refractivity contribution is 6.34. The topological polar surface area (TPSA) is 84.2 Å². The number of piperazine rings is 1. The number of fused-ring (bicyclic) bond motifs is 1. The molecule has 4 heterocycles. The Morgan fingerprint density at radius 2 is 1.91 bits per heavy atom. The number of rotatable bonds is 6. The molecule has 3 aromatic heterocycles. The number of nitrogens with zero attached hydrogens (tertiary/aromatic N) is 6. The van der Waals surface area contributed by atoms with E-state index in [0.717, 1.165) is 5.56 Å². The number of pyridine rings is 2. The quantitative estimate of drug-likeness (QED) is 0.225. The van der Waals surface area contributed by atoms with Gasteiger partial charge < -0.3 is 9.80 Å². The number of anilines is 1. The fourth-order valence-electron chi connectivity index (χ4n) is 5.95. The van der Waals surface area contributed by atoms with Gasteiger partial charge in [-0.15, -0.1) is 0 Å². The van der Waals surface area contributed by atoms with Crippen LogP contribution in [0.25, 0.3) is 34.1 Å². The number of aromatic nitrogens is 4. The van der Waals surface area contributed by atoms with Gasteiger partial charge in [0.2, 0.25) is 0 Å². The molecule has 0 spiro atoms. The van der Waals surface area contributed by atoms with Crippen molar-refractivity contribution < 1.29 is 16.3 Å². The zero-order valence-corrected chi connectivity index (χ0v) is 25.8. The first kappa shape index (κ1) is 28.3. The van der Waals surface area contributed by atoms with E-state index in [4.69, 9.17) is 19.3 Å². The van der Waals surface area contributed by atoms with Gasteiger partial charge in [0.1, 0.15) is 11.6 Å². The van der Waals surface area contributed by atoms with Gasteiger partial charge in [-0.1, -0.05) is 56.8 Å². The molecule has 1 saturated heterocycles. The van der Waals surface area contributed by atoms with E-state index in [2.05, 4.69) is 16.5 Å². The Labute approximate surface area is 262 Å². The van der Waals surface area contributed by atoms with Crippen LogP contribution in [0.2, 0.25) is 5.02 Å². The number of halogens is 3. The van der Waals surface area contributed by atoms with Gasteiger partial charge in [0.05, 0.1) is 30.2 Å². The van der Waals surface area contributed by atoms with Crippen molar-refractivity contribution in [3.8, 4) is 16.9 Å². The van der Waals surface area contributed by atoms with Gasteiger partial charge in [-0.05, 0) is 56.0 Å². The number of aryl methyl sites for hydroxylation is 1. The van der Waals surface area contributed by atoms with Crippen LogP contribution in [-0.2, 0) is 4.79 Å². The zero-order valence-electron chi connectivity index (χ0n) is 27.0. The summed E-state index contributed by atoms with van der Waals surface area (Å²) in [5, 5.41) is 0.432. The van der Waals surface area contributed by atoms with Crippen LogP contribution in [0.1, 0.15) is 53.2 Å². The van der Waals surface area contributed by atoms with E-state index in [-0.39, 0.29) is 52.3 Å². The number of hydrogen-bond acceptors (Lipinski definition) is 6. The molecule has 0 saturated carbocycles. The van der Waals surface area contributed by atoms with Crippen LogP contribution in [0, 0.1) is 12.7 Å². The summed E-state index contributed by atoms with van der Waals surface area (Å²) in [5.41, 5.74) is 1.51. The first-order chi connectivity index (χ1) is 21.7. The molecule has 228 valence electrons. The average molecular weight is 621 g/mol. The van der Waals surface area contributed by atoms with Gasteiger partial charge in [0.25, 0.3) is 5.91 Å². The smallest absolute Gasteiger partial charge is 0.347 e. The minimum atomic E-state index is -1.05. The third-order valence-electron chi connectivity index (χ3n) is 7.85. The normalized spacial score (nSPS) is 17.5. The molecule has 44 heavy (non-hydrogen) atoms. The number of hydrogen-bond donors (Lipinski definition) is 0. The molecule has 1 aliphatic heterocycles. The van der Waals surface area contributed by atoms with Gasteiger partial charge in [-0.3, -0.25) is 9.78 Å². The summed E-state index contributed by atoms with van der Waals surface area (Å²) < 4.78 is 46.0. The third-order valence-corrected chi connectivity index (χ3v) is 8.14. The molecule has 0 N–H and O–H groups in total. The van der Waals surface area contributed by atoms with Crippen molar-refractivity contribution in [2.75, 3.05) is 18.0 Å². The second-order valence-corrected chi connectivity index (χ2v) is 11.7. The van der Waals surface area contributed by atoms with E-state index in [1.165, 1.54) is 27.7 Å². The summed E-state index contributed by atoms with van der Waals surface area (Å²) >= 11 is 6.86. The largest absolute Gasteiger partial charge is 0.355 e. The first-order valence-electron chi connectivity index (χ1n) is 15.2. The first-order valence-corrected chi connectivity index (χ1v) is 14.5. The lowest BCUT2D eigenvalue weighted by molar-refractivity contribution is -0.129. The Kier molecular flexibility index (Phi) is 7.68. The lowest BCUT2D eigenvalue weighted by Crippen LogP contribution is -2.59. The summed E-state index contributed by atoms with van der Waals surface area (Å²) in [4.78, 5) is 43.8. The molecule has 4 aromatic rings. The van der Waals surface area contributed by atoms with Crippen LogP contribution in [0.15, 0.2) is 60.3 Å². The molecule has 2 atom stereocenters. The van der Waals surface area contributed by atoms with E-state index >= 15 is 4.39 Å². The Hall–Kier alpha value is -4.44. The summed E-state index contributed by atoms with van der Waals surface area (Å²) in [6, 6.07) is 6.77. The van der Waals surface area contributed by atoms with Crippen LogP contribution < -0.4 is 10.6 Å². The van der Waals surface area contributed by atoms with Crippen LogP contribution in [0.5, 0.6) is 0 Å². The molecule has 1 amide bonds. The molecule has 0 unspecified atom stereocenters. The standard InChI is InChI=1S/C33H33ClF2N6O2/c1-8-22-10-9-11-25(36)26(22)28-24(34)14-23-30(38-28)42(29-18(4)12-13-37-27(29)17(2)3)33(44)39-31(23)41-19(5)15-40(16-20(41)6)32(43)21(7)35/h8-14,17,19-20H,1,7,15-16H2,2-6H3/t19-,20-/m0/s1/i1D2. The highest BCUT2D eigenvalue weighted by Crippen LogP contribution is 2.38.